The van der Waals surface area contributed by atoms with Gasteiger partial charge in [0.15, 0.2) is 0 Å². The minimum Gasteiger partial charge on any atom is -0.499 e. The van der Waals surface area contributed by atoms with Gasteiger partial charge in [-0.3, -0.25) is 16.0 Å². The summed E-state index contributed by atoms with van der Waals surface area (Å²) in [6.07, 6.45) is 3.48. The van der Waals surface area contributed by atoms with E-state index in [1.54, 1.807) is 6.42 Å². The van der Waals surface area contributed by atoms with Crippen LogP contribution in [0.1, 0.15) is 6.92 Å². The van der Waals surface area contributed by atoms with Gasteiger partial charge in [-0.25, -0.2) is 0 Å². The molecule has 0 aromatic carbocycles. The van der Waals surface area contributed by atoms with Crippen LogP contribution >= 0.6 is 0 Å². The molecule has 4 atom stereocenters. The maximum Gasteiger partial charge on any atom is 2.00 e. The van der Waals surface area contributed by atoms with Gasteiger partial charge in [0.1, 0.15) is 0 Å². The molecule has 1 heterocycles. The number of carbonyl (C=O) groups is 2. The fraction of sp³-hybridized carbons (Fsp3) is 0.600. The zero-order chi connectivity index (χ0) is 10.3. The molecular formula is C10H12O4W. The second kappa shape index (κ2) is 4.65. The van der Waals surface area contributed by atoms with Gasteiger partial charge >= 0.3 is 21.1 Å². The number of fused-ring (bicyclic) bond motifs is 2. The van der Waals surface area contributed by atoms with Crippen LogP contribution in [0.3, 0.4) is 0 Å². The predicted molar refractivity (Wildman–Crippen MR) is 46.6 cm³/mol. The van der Waals surface area contributed by atoms with Gasteiger partial charge in [-0.1, -0.05) is 18.8 Å². The van der Waals surface area contributed by atoms with Gasteiger partial charge in [-0.2, -0.15) is 5.92 Å². The molecule has 0 radical (unpaired) electrons. The van der Waals surface area contributed by atoms with E-state index in [2.05, 4.69) is 4.74 Å². The molecule has 2 aliphatic rings. The predicted octanol–water partition coefficient (Wildman–Crippen LogP) is 0.373. The van der Waals surface area contributed by atoms with E-state index in [1.165, 1.54) is 7.11 Å². The summed E-state index contributed by atoms with van der Waals surface area (Å²) >= 11 is 0. The third kappa shape index (κ3) is 2.10. The second-order valence-corrected chi connectivity index (χ2v) is 3.72. The second-order valence-electron chi connectivity index (χ2n) is 3.72. The molecule has 82 valence electrons. The summed E-state index contributed by atoms with van der Waals surface area (Å²) in [5.41, 5.74) is 0. The van der Waals surface area contributed by atoms with Crippen molar-refractivity contribution in [3.05, 3.63) is 12.8 Å². The van der Waals surface area contributed by atoms with Gasteiger partial charge in [0.25, 0.3) is 11.9 Å². The minimum atomic E-state index is -0.471. The van der Waals surface area contributed by atoms with Crippen molar-refractivity contribution in [1.29, 1.82) is 0 Å². The van der Waals surface area contributed by atoms with E-state index < -0.39 is 11.8 Å². The zero-order valence-electron chi connectivity index (χ0n) is 8.51. The number of rotatable bonds is 1. The molecule has 0 amide bonds. The smallest absolute Gasteiger partial charge is 0.499 e. The Labute approximate surface area is 103 Å². The number of methoxy groups -OCH3 is 1. The molecule has 1 saturated carbocycles. The van der Waals surface area contributed by atoms with Crippen molar-refractivity contribution < 1.29 is 40.1 Å². The SMILES string of the molecule is COC(=O)C1[CH-][C@@H](C)C2[CH-]C1C(=O)O2.[W+2]. The summed E-state index contributed by atoms with van der Waals surface area (Å²) in [5, 5.41) is 0. The molecule has 1 aliphatic carbocycles. The summed E-state index contributed by atoms with van der Waals surface area (Å²) in [7, 11) is 1.33. The molecule has 0 aromatic heterocycles. The normalized spacial score (nSPS) is 37.9. The van der Waals surface area contributed by atoms with Crippen LogP contribution in [0.5, 0.6) is 0 Å². The molecule has 0 aromatic rings. The topological polar surface area (TPSA) is 52.6 Å². The minimum absolute atomic E-state index is 0. The first-order valence-corrected chi connectivity index (χ1v) is 4.62. The van der Waals surface area contributed by atoms with Crippen molar-refractivity contribution >= 4 is 11.9 Å². The first-order valence-electron chi connectivity index (χ1n) is 4.62. The van der Waals surface area contributed by atoms with Crippen LogP contribution in [-0.2, 0) is 40.1 Å². The fourth-order valence-electron chi connectivity index (χ4n) is 2.00. The molecule has 1 aliphatic heterocycles. The number of carbonyl (C=O) groups excluding carboxylic acids is 2. The average Bonchev–Trinajstić information content (AvgIpc) is 2.50. The van der Waals surface area contributed by atoms with E-state index in [0.717, 1.165) is 0 Å². The molecule has 4 nitrogen and oxygen atoms in total. The molecule has 2 bridgehead atoms. The Morgan fingerprint density at radius 3 is 2.73 bits per heavy atom. The van der Waals surface area contributed by atoms with E-state index in [4.69, 9.17) is 4.74 Å². The maximum atomic E-state index is 11.4. The summed E-state index contributed by atoms with van der Waals surface area (Å²) in [6.45, 7) is 1.92. The molecular weight excluding hydrogens is 368 g/mol. The number of ether oxygens (including phenoxy) is 2. The van der Waals surface area contributed by atoms with Crippen LogP contribution in [0.25, 0.3) is 0 Å². The van der Waals surface area contributed by atoms with Crippen LogP contribution < -0.4 is 0 Å². The van der Waals surface area contributed by atoms with Crippen LogP contribution in [0.4, 0.5) is 0 Å². The van der Waals surface area contributed by atoms with Crippen molar-refractivity contribution in [2.24, 2.45) is 17.8 Å². The van der Waals surface area contributed by atoms with Crippen molar-refractivity contribution in [3.63, 3.8) is 0 Å². The standard InChI is InChI=1S/C10H12O4.W/c1-5-3-6(9(11)13-2)7-4-8(5)14-10(7)12;/h3-8H,1-2H3;/q-2;+2/t5-,6?,7?,8?;/m1./s1. The first kappa shape index (κ1) is 12.7. The molecule has 1 saturated heterocycles. The van der Waals surface area contributed by atoms with Crippen molar-refractivity contribution in [1.82, 2.24) is 0 Å². The Morgan fingerprint density at radius 1 is 1.47 bits per heavy atom. The number of hydrogen-bond donors (Lipinski definition) is 0. The fourth-order valence-corrected chi connectivity index (χ4v) is 2.00. The van der Waals surface area contributed by atoms with Crippen LogP contribution in [0, 0.1) is 30.6 Å². The van der Waals surface area contributed by atoms with Gasteiger partial charge in [0, 0.05) is 0 Å². The first-order chi connectivity index (χ1) is 6.63. The molecule has 2 rings (SSSR count). The molecule has 0 spiro atoms. The summed E-state index contributed by atoms with van der Waals surface area (Å²) in [6, 6.07) is 0. The summed E-state index contributed by atoms with van der Waals surface area (Å²) in [4.78, 5) is 22.7. The van der Waals surface area contributed by atoms with E-state index in [-0.39, 0.29) is 45.0 Å². The van der Waals surface area contributed by atoms with Crippen LogP contribution in [-0.4, -0.2) is 25.2 Å². The largest absolute Gasteiger partial charge is 2.00 e. The van der Waals surface area contributed by atoms with E-state index in [1.807, 2.05) is 13.3 Å². The number of esters is 2. The third-order valence-electron chi connectivity index (χ3n) is 2.81. The Balaban J connectivity index is 0.00000112. The van der Waals surface area contributed by atoms with Gasteiger partial charge in [0.05, 0.1) is 7.11 Å². The van der Waals surface area contributed by atoms with Gasteiger partial charge in [-0.15, -0.1) is 0 Å². The van der Waals surface area contributed by atoms with Gasteiger partial charge in [0.2, 0.25) is 0 Å². The van der Waals surface area contributed by atoms with E-state index in [9.17, 15) is 9.59 Å². The Kier molecular flexibility index (Phi) is 3.93. The monoisotopic (exact) mass is 380 g/mol. The van der Waals surface area contributed by atoms with Crippen LogP contribution in [0.2, 0.25) is 0 Å². The number of hydrogen-bond acceptors (Lipinski definition) is 4. The average molecular weight is 380 g/mol. The quantitative estimate of drug-likeness (QED) is 0.488. The van der Waals surface area contributed by atoms with Crippen molar-refractivity contribution in [2.75, 3.05) is 7.11 Å². The van der Waals surface area contributed by atoms with Crippen LogP contribution in [0.15, 0.2) is 0 Å². The molecule has 0 N–H and O–H groups in total. The maximum absolute atomic E-state index is 11.4. The Morgan fingerprint density at radius 2 is 2.13 bits per heavy atom. The van der Waals surface area contributed by atoms with E-state index in [0.29, 0.717) is 0 Å². The van der Waals surface area contributed by atoms with Gasteiger partial charge in [-0.05, 0) is 6.10 Å². The van der Waals surface area contributed by atoms with Crippen molar-refractivity contribution in [3.8, 4) is 0 Å². The van der Waals surface area contributed by atoms with Crippen molar-refractivity contribution in [2.45, 2.75) is 13.0 Å². The van der Waals surface area contributed by atoms with Gasteiger partial charge < -0.3 is 15.9 Å². The summed E-state index contributed by atoms with van der Waals surface area (Å²) in [5.74, 6) is -1.51. The van der Waals surface area contributed by atoms with E-state index >= 15 is 0 Å². The molecule has 5 heteroatoms. The molecule has 15 heavy (non-hydrogen) atoms. The summed E-state index contributed by atoms with van der Waals surface area (Å²) < 4.78 is 9.73. The molecule has 3 unspecified atom stereocenters. The third-order valence-corrected chi connectivity index (χ3v) is 2.81. The zero-order valence-corrected chi connectivity index (χ0v) is 11.4. The Hall–Kier alpha value is -0.372. The Bertz CT molecular complexity index is 279. The molecule has 2 fully saturated rings.